The number of halogens is 1. The molecule has 0 bridgehead atoms. The third kappa shape index (κ3) is 4.82. The summed E-state index contributed by atoms with van der Waals surface area (Å²) in [7, 11) is 0. The number of amidine groups is 1. The maximum absolute atomic E-state index is 14.9. The predicted octanol–water partition coefficient (Wildman–Crippen LogP) is 2.80. The van der Waals surface area contributed by atoms with Crippen LogP contribution in [0, 0.1) is 5.82 Å². The second-order valence-corrected chi connectivity index (χ2v) is 8.30. The van der Waals surface area contributed by atoms with E-state index in [1.165, 1.54) is 24.4 Å². The zero-order valence-corrected chi connectivity index (χ0v) is 17.6. The smallest absolute Gasteiger partial charge is 0.412 e. The van der Waals surface area contributed by atoms with E-state index in [-0.39, 0.29) is 36.1 Å². The van der Waals surface area contributed by atoms with Crippen LogP contribution in [0.25, 0.3) is 0 Å². The number of benzene rings is 1. The van der Waals surface area contributed by atoms with Crippen LogP contribution in [0.2, 0.25) is 0 Å². The number of carboxylic acid groups (broad SMARTS) is 1. The molecule has 2 heterocycles. The minimum absolute atomic E-state index is 0.0779. The number of carbonyl (C=O) groups is 2. The second kappa shape index (κ2) is 7.99. The topological polar surface area (TPSA) is 138 Å². The maximum atomic E-state index is 14.9. The van der Waals surface area contributed by atoms with Gasteiger partial charge < -0.3 is 19.5 Å². The molecule has 0 aliphatic carbocycles. The molecule has 31 heavy (non-hydrogen) atoms. The first-order valence-electron chi connectivity index (χ1n) is 9.47. The molecular weight excluding hydrogens is 409 g/mol. The number of aliphatic hydroxyl groups excluding tert-OH is 1. The number of aliphatic hydroxyl groups is 1. The summed E-state index contributed by atoms with van der Waals surface area (Å²) in [5.74, 6) is -0.456. The molecule has 4 N–H and O–H groups in total. The maximum Gasteiger partial charge on any atom is 0.412 e. The van der Waals surface area contributed by atoms with Crippen molar-refractivity contribution < 1.29 is 28.9 Å². The lowest BCUT2D eigenvalue weighted by Gasteiger charge is -2.33. The van der Waals surface area contributed by atoms with Crippen LogP contribution in [0.3, 0.4) is 0 Å². The molecule has 0 spiro atoms. The monoisotopic (exact) mass is 433 g/mol. The van der Waals surface area contributed by atoms with E-state index >= 15 is 0 Å². The van der Waals surface area contributed by atoms with Gasteiger partial charge in [0.05, 0.1) is 25.0 Å². The Balaban J connectivity index is 2.02. The summed E-state index contributed by atoms with van der Waals surface area (Å²) in [6, 6.07) is 3.99. The summed E-state index contributed by atoms with van der Waals surface area (Å²) in [6.45, 7) is 6.54. The van der Waals surface area contributed by atoms with Gasteiger partial charge in [0.25, 0.3) is 0 Å². The fourth-order valence-corrected chi connectivity index (χ4v) is 3.31. The van der Waals surface area contributed by atoms with Crippen molar-refractivity contribution in [3.63, 3.8) is 0 Å². The number of hydrogen-bond acceptors (Lipinski definition) is 6. The number of hydrogen-bond donors (Lipinski definition) is 4. The van der Waals surface area contributed by atoms with Crippen molar-refractivity contribution in [2.24, 2.45) is 4.99 Å². The number of anilines is 1. The summed E-state index contributed by atoms with van der Waals surface area (Å²) in [4.78, 5) is 31.9. The molecule has 2 amide bonds. The SMILES string of the molecule is CC(C)(C)OC(=O)Nc1ccc(F)c(C2(C)Cn3c(CO)cnc3C(NC(=O)O)=N2)c1. The van der Waals surface area contributed by atoms with E-state index in [0.717, 1.165) is 0 Å². The minimum Gasteiger partial charge on any atom is -0.465 e. The molecule has 1 aromatic heterocycles. The van der Waals surface area contributed by atoms with Gasteiger partial charge in [-0.25, -0.2) is 19.0 Å². The van der Waals surface area contributed by atoms with Crippen molar-refractivity contribution in [1.29, 1.82) is 0 Å². The van der Waals surface area contributed by atoms with Crippen LogP contribution in [0.5, 0.6) is 0 Å². The number of amides is 2. The molecule has 10 nitrogen and oxygen atoms in total. The van der Waals surface area contributed by atoms with Crippen LogP contribution in [-0.2, 0) is 23.4 Å². The number of nitrogens with zero attached hydrogens (tertiary/aromatic N) is 3. The van der Waals surface area contributed by atoms with Crippen LogP contribution in [-0.4, -0.2) is 43.4 Å². The lowest BCUT2D eigenvalue weighted by Crippen LogP contribution is -2.42. The molecule has 0 radical (unpaired) electrons. The molecule has 166 valence electrons. The van der Waals surface area contributed by atoms with Crippen molar-refractivity contribution in [2.45, 2.75) is 52.0 Å². The second-order valence-electron chi connectivity index (χ2n) is 8.30. The molecule has 1 atom stereocenters. The Morgan fingerprint density at radius 2 is 2.03 bits per heavy atom. The number of carbonyl (C=O) groups excluding carboxylic acids is 1. The zero-order valence-electron chi connectivity index (χ0n) is 17.6. The molecule has 1 aliphatic rings. The van der Waals surface area contributed by atoms with Gasteiger partial charge in [-0.2, -0.15) is 0 Å². The molecule has 3 rings (SSSR count). The Morgan fingerprint density at radius 3 is 2.65 bits per heavy atom. The molecule has 11 heteroatoms. The van der Waals surface area contributed by atoms with Crippen LogP contribution in [0.15, 0.2) is 29.4 Å². The quantitative estimate of drug-likeness (QED) is 0.587. The van der Waals surface area contributed by atoms with Crippen LogP contribution in [0.4, 0.5) is 19.7 Å². The average molecular weight is 433 g/mol. The largest absolute Gasteiger partial charge is 0.465 e. The van der Waals surface area contributed by atoms with Crippen LogP contribution >= 0.6 is 0 Å². The number of rotatable bonds is 3. The van der Waals surface area contributed by atoms with E-state index in [0.29, 0.717) is 5.69 Å². The number of nitrogens with one attached hydrogen (secondary N) is 2. The molecule has 0 fully saturated rings. The first kappa shape index (κ1) is 22.2. The third-order valence-corrected chi connectivity index (χ3v) is 4.55. The fourth-order valence-electron chi connectivity index (χ4n) is 3.31. The van der Waals surface area contributed by atoms with Crippen LogP contribution in [0.1, 0.15) is 44.8 Å². The fraction of sp³-hybridized carbons (Fsp3) is 0.400. The number of fused-ring (bicyclic) bond motifs is 1. The lowest BCUT2D eigenvalue weighted by molar-refractivity contribution is 0.0635. The highest BCUT2D eigenvalue weighted by Gasteiger charge is 2.37. The van der Waals surface area contributed by atoms with E-state index in [4.69, 9.17) is 4.74 Å². The molecule has 0 saturated carbocycles. The average Bonchev–Trinajstić information content (AvgIpc) is 3.04. The summed E-state index contributed by atoms with van der Waals surface area (Å²) < 4.78 is 21.7. The van der Waals surface area contributed by atoms with Gasteiger partial charge >= 0.3 is 12.2 Å². The summed E-state index contributed by atoms with van der Waals surface area (Å²) in [5, 5.41) is 23.5. The van der Waals surface area contributed by atoms with E-state index in [1.54, 1.807) is 32.3 Å². The predicted molar refractivity (Wildman–Crippen MR) is 109 cm³/mol. The molecule has 1 aromatic carbocycles. The van der Waals surface area contributed by atoms with Gasteiger partial charge in [-0.15, -0.1) is 0 Å². The van der Waals surface area contributed by atoms with E-state index in [1.807, 2.05) is 0 Å². The molecule has 1 aliphatic heterocycles. The van der Waals surface area contributed by atoms with Crippen LogP contribution < -0.4 is 10.6 Å². The molecule has 1 unspecified atom stereocenters. The number of aliphatic imine (C=N–C) groups is 1. The third-order valence-electron chi connectivity index (χ3n) is 4.55. The lowest BCUT2D eigenvalue weighted by atomic mass is 9.90. The van der Waals surface area contributed by atoms with E-state index < -0.39 is 29.1 Å². The van der Waals surface area contributed by atoms with Gasteiger partial charge in [-0.1, -0.05) is 0 Å². The van der Waals surface area contributed by atoms with Crippen molar-refractivity contribution in [2.75, 3.05) is 5.32 Å². The number of imidazole rings is 1. The standard InChI is InChI=1S/C20H24FN5O5/c1-19(2,3)31-18(30)23-11-5-6-14(21)13(7-11)20(4)10-26-12(9-27)8-22-16(26)15(25-20)24-17(28)29/h5-8,27H,9-10H2,1-4H3,(H,23,30)(H,24,25)(H,28,29). The minimum atomic E-state index is -1.36. The summed E-state index contributed by atoms with van der Waals surface area (Å²) >= 11 is 0. The summed E-state index contributed by atoms with van der Waals surface area (Å²) in [5.41, 5.74) is -1.14. The van der Waals surface area contributed by atoms with Crippen molar-refractivity contribution in [3.05, 3.63) is 47.3 Å². The number of aromatic nitrogens is 2. The van der Waals surface area contributed by atoms with Gasteiger partial charge in [-0.3, -0.25) is 15.6 Å². The highest BCUT2D eigenvalue weighted by molar-refractivity contribution is 6.04. The Kier molecular flexibility index (Phi) is 5.72. The van der Waals surface area contributed by atoms with Crippen molar-refractivity contribution in [3.8, 4) is 0 Å². The first-order valence-corrected chi connectivity index (χ1v) is 9.47. The Morgan fingerprint density at radius 1 is 1.32 bits per heavy atom. The first-order chi connectivity index (χ1) is 14.4. The van der Waals surface area contributed by atoms with Crippen molar-refractivity contribution in [1.82, 2.24) is 14.9 Å². The Labute approximate surface area is 177 Å². The Hall–Kier alpha value is -3.47. The highest BCUT2D eigenvalue weighted by Crippen LogP contribution is 2.35. The molecule has 2 aromatic rings. The molecular formula is C20H24FN5O5. The van der Waals surface area contributed by atoms with E-state index in [2.05, 4.69) is 20.6 Å². The van der Waals surface area contributed by atoms with Gasteiger partial charge in [0.15, 0.2) is 11.7 Å². The highest BCUT2D eigenvalue weighted by atomic mass is 19.1. The van der Waals surface area contributed by atoms with Gasteiger partial charge in [0, 0.05) is 11.3 Å². The normalized spacial score (nSPS) is 18.1. The Bertz CT molecular complexity index is 1060. The summed E-state index contributed by atoms with van der Waals surface area (Å²) in [6.07, 6.45) is -0.657. The van der Waals surface area contributed by atoms with Gasteiger partial charge in [-0.05, 0) is 45.9 Å². The van der Waals surface area contributed by atoms with E-state index in [9.17, 15) is 24.2 Å². The van der Waals surface area contributed by atoms with Gasteiger partial charge in [0.2, 0.25) is 0 Å². The zero-order chi connectivity index (χ0) is 23.0. The number of ether oxygens (including phenoxy) is 1. The molecule has 0 saturated heterocycles. The van der Waals surface area contributed by atoms with Gasteiger partial charge in [0.1, 0.15) is 17.0 Å². The van der Waals surface area contributed by atoms with Crippen molar-refractivity contribution >= 4 is 23.7 Å².